The number of rotatable bonds is 5. The minimum Gasteiger partial charge on any atom is -0.393 e. The SMILES string of the molecule is CC(C)CCC(O)[C@@H](C)[C@H]1[C@@H](O)C[C@H]2[C@@H]3CC=C4C[C@@H](O)CC[C@]4(C)[C@H]3CC[C@]12C. The minimum absolute atomic E-state index is 0.134. The van der Waals surface area contributed by atoms with Crippen molar-refractivity contribution in [2.24, 2.45) is 46.3 Å². The van der Waals surface area contributed by atoms with Crippen LogP contribution < -0.4 is 0 Å². The van der Waals surface area contributed by atoms with E-state index in [2.05, 4.69) is 40.7 Å². The molecular weight excluding hydrogens is 372 g/mol. The van der Waals surface area contributed by atoms with Crippen LogP contribution in [-0.2, 0) is 0 Å². The lowest BCUT2D eigenvalue weighted by molar-refractivity contribution is -0.0768. The highest BCUT2D eigenvalue weighted by Crippen LogP contribution is 2.67. The average Bonchev–Trinajstić information content (AvgIpc) is 2.96. The topological polar surface area (TPSA) is 60.7 Å². The standard InChI is InChI=1S/C27H46O3/c1-16(2)6-9-23(29)17(3)25-24(30)15-22-20-8-7-18-14-19(28)10-12-26(18,4)21(20)11-13-27(22,25)5/h7,16-17,19-25,28-30H,6,8-15H2,1-5H3/t17-,19+,20-,21+,22+,23?,24+,25+,26+,27+/m1/s1. The largest absolute Gasteiger partial charge is 0.393 e. The summed E-state index contributed by atoms with van der Waals surface area (Å²) in [6.45, 7) is 11.5. The van der Waals surface area contributed by atoms with Crippen molar-refractivity contribution in [3.63, 3.8) is 0 Å². The van der Waals surface area contributed by atoms with E-state index in [0.29, 0.717) is 23.7 Å². The van der Waals surface area contributed by atoms with Crippen molar-refractivity contribution in [2.75, 3.05) is 0 Å². The van der Waals surface area contributed by atoms with Crippen molar-refractivity contribution in [1.82, 2.24) is 0 Å². The first-order valence-corrected chi connectivity index (χ1v) is 12.8. The Kier molecular flexibility index (Phi) is 6.23. The lowest BCUT2D eigenvalue weighted by Crippen LogP contribution is -2.51. The Balaban J connectivity index is 1.56. The molecule has 0 aromatic carbocycles. The number of aliphatic hydroxyl groups excluding tert-OH is 3. The van der Waals surface area contributed by atoms with Gasteiger partial charge in [0.15, 0.2) is 0 Å². The first-order valence-electron chi connectivity index (χ1n) is 12.8. The molecule has 0 aromatic heterocycles. The van der Waals surface area contributed by atoms with Gasteiger partial charge in [-0.2, -0.15) is 0 Å². The van der Waals surface area contributed by atoms with Crippen LogP contribution in [0.1, 0.15) is 92.4 Å². The maximum absolute atomic E-state index is 11.2. The predicted molar refractivity (Wildman–Crippen MR) is 122 cm³/mol. The Labute approximate surface area is 184 Å². The Morgan fingerprint density at radius 3 is 2.47 bits per heavy atom. The molecule has 4 rings (SSSR count). The molecule has 0 spiro atoms. The highest BCUT2D eigenvalue weighted by molar-refractivity contribution is 5.25. The third-order valence-electron chi connectivity index (χ3n) is 10.4. The molecule has 3 saturated carbocycles. The van der Waals surface area contributed by atoms with Gasteiger partial charge in [-0.1, -0.05) is 46.3 Å². The number of hydrogen-bond donors (Lipinski definition) is 3. The van der Waals surface area contributed by atoms with Gasteiger partial charge in [0.25, 0.3) is 0 Å². The van der Waals surface area contributed by atoms with Gasteiger partial charge < -0.3 is 15.3 Å². The van der Waals surface area contributed by atoms with Gasteiger partial charge in [0.2, 0.25) is 0 Å². The van der Waals surface area contributed by atoms with E-state index in [1.54, 1.807) is 0 Å². The van der Waals surface area contributed by atoms with E-state index in [9.17, 15) is 15.3 Å². The molecule has 3 nitrogen and oxygen atoms in total. The molecule has 0 amide bonds. The van der Waals surface area contributed by atoms with Crippen LogP contribution in [0.4, 0.5) is 0 Å². The summed E-state index contributed by atoms with van der Waals surface area (Å²) in [5.41, 5.74) is 1.89. The normalized spacial score (nSPS) is 47.8. The highest BCUT2D eigenvalue weighted by atomic mass is 16.3. The molecular formula is C27H46O3. The van der Waals surface area contributed by atoms with E-state index < -0.39 is 0 Å². The fourth-order valence-electron chi connectivity index (χ4n) is 8.65. The highest BCUT2D eigenvalue weighted by Gasteiger charge is 2.62. The van der Waals surface area contributed by atoms with Gasteiger partial charge in [-0.25, -0.2) is 0 Å². The molecule has 3 heteroatoms. The summed E-state index contributed by atoms with van der Waals surface area (Å²) in [7, 11) is 0. The van der Waals surface area contributed by atoms with Crippen molar-refractivity contribution in [3.05, 3.63) is 11.6 Å². The molecule has 4 aliphatic carbocycles. The van der Waals surface area contributed by atoms with Crippen LogP contribution >= 0.6 is 0 Å². The molecule has 0 heterocycles. The van der Waals surface area contributed by atoms with Gasteiger partial charge in [-0.05, 0) is 104 Å². The van der Waals surface area contributed by atoms with Crippen LogP contribution in [0.3, 0.4) is 0 Å². The lowest BCUT2D eigenvalue weighted by atomic mass is 9.47. The maximum Gasteiger partial charge on any atom is 0.0580 e. The second kappa shape index (κ2) is 8.19. The van der Waals surface area contributed by atoms with E-state index in [4.69, 9.17) is 0 Å². The molecule has 30 heavy (non-hydrogen) atoms. The average molecular weight is 419 g/mol. The maximum atomic E-state index is 11.2. The van der Waals surface area contributed by atoms with Crippen LogP contribution in [0.25, 0.3) is 0 Å². The van der Waals surface area contributed by atoms with E-state index in [-0.39, 0.29) is 41.0 Å². The summed E-state index contributed by atoms with van der Waals surface area (Å²) in [4.78, 5) is 0. The van der Waals surface area contributed by atoms with Crippen LogP contribution in [-0.4, -0.2) is 33.6 Å². The van der Waals surface area contributed by atoms with Crippen molar-refractivity contribution in [2.45, 2.75) is 111 Å². The molecule has 0 radical (unpaired) electrons. The van der Waals surface area contributed by atoms with E-state index in [1.165, 1.54) is 18.4 Å². The smallest absolute Gasteiger partial charge is 0.0580 e. The zero-order valence-electron chi connectivity index (χ0n) is 20.0. The Morgan fingerprint density at radius 1 is 1.03 bits per heavy atom. The van der Waals surface area contributed by atoms with E-state index in [1.807, 2.05) is 0 Å². The van der Waals surface area contributed by atoms with Crippen LogP contribution in [0.5, 0.6) is 0 Å². The molecule has 0 aliphatic heterocycles. The molecule has 0 saturated heterocycles. The van der Waals surface area contributed by atoms with Gasteiger partial charge >= 0.3 is 0 Å². The molecule has 3 N–H and O–H groups in total. The zero-order chi connectivity index (χ0) is 21.8. The lowest BCUT2D eigenvalue weighted by Gasteiger charge is -2.58. The molecule has 172 valence electrons. The molecule has 4 aliphatic rings. The van der Waals surface area contributed by atoms with Gasteiger partial charge in [0.05, 0.1) is 18.3 Å². The quantitative estimate of drug-likeness (QED) is 0.529. The van der Waals surface area contributed by atoms with E-state index in [0.717, 1.165) is 44.9 Å². The Hall–Kier alpha value is -0.380. The van der Waals surface area contributed by atoms with Gasteiger partial charge in [0, 0.05) is 0 Å². The number of hydrogen-bond acceptors (Lipinski definition) is 3. The van der Waals surface area contributed by atoms with Crippen molar-refractivity contribution >= 4 is 0 Å². The monoisotopic (exact) mass is 418 g/mol. The molecule has 0 bridgehead atoms. The van der Waals surface area contributed by atoms with Gasteiger partial charge in [-0.15, -0.1) is 0 Å². The fourth-order valence-corrected chi connectivity index (χ4v) is 8.65. The number of fused-ring (bicyclic) bond motifs is 5. The Bertz CT molecular complexity index is 656. The zero-order valence-corrected chi connectivity index (χ0v) is 20.0. The fraction of sp³-hybridized carbons (Fsp3) is 0.926. The first kappa shape index (κ1) is 22.8. The molecule has 1 unspecified atom stereocenters. The Morgan fingerprint density at radius 2 is 1.77 bits per heavy atom. The van der Waals surface area contributed by atoms with Gasteiger partial charge in [-0.3, -0.25) is 0 Å². The first-order chi connectivity index (χ1) is 14.1. The summed E-state index contributed by atoms with van der Waals surface area (Å²) in [6, 6.07) is 0. The third kappa shape index (κ3) is 3.61. The minimum atomic E-state index is -0.310. The van der Waals surface area contributed by atoms with Crippen molar-refractivity contribution < 1.29 is 15.3 Å². The van der Waals surface area contributed by atoms with Gasteiger partial charge in [0.1, 0.15) is 0 Å². The predicted octanol–water partition coefficient (Wildman–Crippen LogP) is 5.33. The summed E-state index contributed by atoms with van der Waals surface area (Å²) in [5.74, 6) is 2.86. The molecule has 3 fully saturated rings. The van der Waals surface area contributed by atoms with Crippen LogP contribution in [0.2, 0.25) is 0 Å². The summed E-state index contributed by atoms with van der Waals surface area (Å²) in [6.07, 6.45) is 11.0. The second-order valence-corrected chi connectivity index (χ2v) is 12.4. The van der Waals surface area contributed by atoms with Crippen molar-refractivity contribution in [3.8, 4) is 0 Å². The number of aliphatic hydroxyl groups is 3. The number of allylic oxidation sites excluding steroid dienone is 1. The van der Waals surface area contributed by atoms with Crippen molar-refractivity contribution in [1.29, 1.82) is 0 Å². The third-order valence-corrected chi connectivity index (χ3v) is 10.4. The van der Waals surface area contributed by atoms with Crippen LogP contribution in [0, 0.1) is 46.3 Å². The van der Waals surface area contributed by atoms with E-state index >= 15 is 0 Å². The van der Waals surface area contributed by atoms with Crippen LogP contribution in [0.15, 0.2) is 11.6 Å². The molecule has 10 atom stereocenters. The summed E-state index contributed by atoms with van der Waals surface area (Å²) >= 11 is 0. The summed E-state index contributed by atoms with van der Waals surface area (Å²) < 4.78 is 0. The second-order valence-electron chi connectivity index (χ2n) is 12.4. The summed E-state index contributed by atoms with van der Waals surface area (Å²) in [5, 5.41) is 32.4. The molecule has 0 aromatic rings.